The minimum absolute atomic E-state index is 0.836. The van der Waals surface area contributed by atoms with Crippen molar-refractivity contribution in [3.05, 3.63) is 27.9 Å². The fraction of sp³-hybridized carbons (Fsp3) is 0.308. The molecule has 0 atom stereocenters. The Kier molecular flexibility index (Phi) is 3.24. The topological polar surface area (TPSA) is 34.2 Å². The summed E-state index contributed by atoms with van der Waals surface area (Å²) in [5, 5.41) is 4.26. The van der Waals surface area contributed by atoms with Crippen LogP contribution < -0.4 is 10.1 Å². The van der Waals surface area contributed by atoms with Crippen molar-refractivity contribution in [2.45, 2.75) is 13.8 Å². The third kappa shape index (κ3) is 1.86. The zero-order valence-electron chi connectivity index (χ0n) is 10.4. The van der Waals surface area contributed by atoms with Crippen molar-refractivity contribution in [1.29, 1.82) is 0 Å². The van der Waals surface area contributed by atoms with Crippen LogP contribution in [0.5, 0.6) is 5.75 Å². The van der Waals surface area contributed by atoms with Gasteiger partial charge in [-0.25, -0.2) is 0 Å². The van der Waals surface area contributed by atoms with Crippen LogP contribution in [0.4, 0.5) is 5.69 Å². The maximum absolute atomic E-state index is 5.42. The molecule has 0 bridgehead atoms. The van der Waals surface area contributed by atoms with Gasteiger partial charge < -0.3 is 10.1 Å². The van der Waals surface area contributed by atoms with Crippen molar-refractivity contribution in [3.63, 3.8) is 0 Å². The molecule has 0 fully saturated rings. The molecule has 0 saturated carbocycles. The highest BCUT2D eigenvalue weighted by atomic mass is 79.9. The number of hydrogen-bond acceptors (Lipinski definition) is 3. The normalized spacial score (nSPS) is 10.6. The third-order valence-electron chi connectivity index (χ3n) is 3.01. The molecule has 0 spiro atoms. The fourth-order valence-corrected chi connectivity index (χ4v) is 2.42. The molecule has 3 nitrogen and oxygen atoms in total. The van der Waals surface area contributed by atoms with Gasteiger partial charge in [0.15, 0.2) is 0 Å². The predicted octanol–water partition coefficient (Wildman–Crippen LogP) is 3.66. The van der Waals surface area contributed by atoms with Gasteiger partial charge in [0.05, 0.1) is 23.7 Å². The van der Waals surface area contributed by atoms with E-state index in [1.165, 1.54) is 0 Å². The van der Waals surface area contributed by atoms with Crippen LogP contribution in [-0.4, -0.2) is 19.1 Å². The third-order valence-corrected chi connectivity index (χ3v) is 3.65. The molecular weight excluding hydrogens is 280 g/mol. The zero-order chi connectivity index (χ0) is 12.6. The average Bonchev–Trinajstić information content (AvgIpc) is 2.33. The summed E-state index contributed by atoms with van der Waals surface area (Å²) in [6.07, 6.45) is 0. The number of nitrogens with zero attached hydrogens (tertiary/aromatic N) is 1. The summed E-state index contributed by atoms with van der Waals surface area (Å²) in [7, 11) is 3.60. The molecule has 1 aromatic carbocycles. The number of nitrogens with one attached hydrogen (secondary N) is 1. The lowest BCUT2D eigenvalue weighted by Gasteiger charge is -2.15. The molecule has 2 rings (SSSR count). The van der Waals surface area contributed by atoms with Crippen molar-refractivity contribution in [1.82, 2.24) is 4.98 Å². The number of pyridine rings is 1. The summed E-state index contributed by atoms with van der Waals surface area (Å²) in [4.78, 5) is 4.63. The van der Waals surface area contributed by atoms with E-state index in [0.29, 0.717) is 0 Å². The SMILES string of the molecule is CNc1c(C)c(C)nc2c(Br)ccc(OC)c12. The quantitative estimate of drug-likeness (QED) is 0.918. The maximum Gasteiger partial charge on any atom is 0.130 e. The molecule has 0 unspecified atom stereocenters. The van der Waals surface area contributed by atoms with Crippen LogP contribution in [0.15, 0.2) is 16.6 Å². The second-order valence-corrected chi connectivity index (χ2v) is 4.77. The molecule has 0 radical (unpaired) electrons. The molecule has 0 aliphatic rings. The molecule has 0 saturated heterocycles. The summed E-state index contributed by atoms with van der Waals surface area (Å²) in [5.41, 5.74) is 4.18. The fourth-order valence-electron chi connectivity index (χ4n) is 2.00. The van der Waals surface area contributed by atoms with Gasteiger partial charge in [-0.1, -0.05) is 0 Å². The Bertz CT molecular complexity index is 581. The number of anilines is 1. The second kappa shape index (κ2) is 4.53. The maximum atomic E-state index is 5.42. The van der Waals surface area contributed by atoms with Crippen LogP contribution in [0.3, 0.4) is 0 Å². The van der Waals surface area contributed by atoms with Gasteiger partial charge in [-0.15, -0.1) is 0 Å². The van der Waals surface area contributed by atoms with E-state index < -0.39 is 0 Å². The van der Waals surface area contributed by atoms with Gasteiger partial charge in [-0.3, -0.25) is 4.98 Å². The average molecular weight is 295 g/mol. The van der Waals surface area contributed by atoms with Gasteiger partial charge in [-0.05, 0) is 47.5 Å². The van der Waals surface area contributed by atoms with E-state index in [9.17, 15) is 0 Å². The Balaban J connectivity index is 2.99. The number of aryl methyl sites for hydroxylation is 1. The van der Waals surface area contributed by atoms with E-state index in [0.717, 1.165) is 38.1 Å². The minimum atomic E-state index is 0.836. The Morgan fingerprint density at radius 3 is 2.59 bits per heavy atom. The minimum Gasteiger partial charge on any atom is -0.496 e. The van der Waals surface area contributed by atoms with Gasteiger partial charge in [0.2, 0.25) is 0 Å². The number of rotatable bonds is 2. The lowest BCUT2D eigenvalue weighted by molar-refractivity contribution is 0.420. The van der Waals surface area contributed by atoms with E-state index in [2.05, 4.69) is 33.2 Å². The Morgan fingerprint density at radius 1 is 1.29 bits per heavy atom. The molecule has 4 heteroatoms. The van der Waals surface area contributed by atoms with Gasteiger partial charge in [-0.2, -0.15) is 0 Å². The summed E-state index contributed by atoms with van der Waals surface area (Å²) in [6.45, 7) is 4.08. The zero-order valence-corrected chi connectivity index (χ0v) is 12.0. The van der Waals surface area contributed by atoms with Crippen molar-refractivity contribution in [2.75, 3.05) is 19.5 Å². The van der Waals surface area contributed by atoms with Crippen molar-refractivity contribution < 1.29 is 4.74 Å². The number of aromatic nitrogens is 1. The van der Waals surface area contributed by atoms with E-state index >= 15 is 0 Å². The Labute approximate surface area is 109 Å². The van der Waals surface area contributed by atoms with E-state index in [-0.39, 0.29) is 0 Å². The largest absolute Gasteiger partial charge is 0.496 e. The van der Waals surface area contributed by atoms with Crippen molar-refractivity contribution >= 4 is 32.5 Å². The summed E-state index contributed by atoms with van der Waals surface area (Å²) in [5.74, 6) is 0.836. The van der Waals surface area contributed by atoms with Crippen LogP contribution in [0.25, 0.3) is 10.9 Å². The Hall–Kier alpha value is -1.29. The van der Waals surface area contributed by atoms with Gasteiger partial charge in [0, 0.05) is 17.2 Å². The number of fused-ring (bicyclic) bond motifs is 1. The van der Waals surface area contributed by atoms with Gasteiger partial charge >= 0.3 is 0 Å². The second-order valence-electron chi connectivity index (χ2n) is 3.92. The smallest absolute Gasteiger partial charge is 0.130 e. The number of benzene rings is 1. The van der Waals surface area contributed by atoms with Gasteiger partial charge in [0.25, 0.3) is 0 Å². The molecule has 90 valence electrons. The summed E-state index contributed by atoms with van der Waals surface area (Å²) >= 11 is 3.54. The number of methoxy groups -OCH3 is 1. The number of halogens is 1. The van der Waals surface area contributed by atoms with Crippen LogP contribution in [0, 0.1) is 13.8 Å². The summed E-state index contributed by atoms with van der Waals surface area (Å²) < 4.78 is 6.40. The molecule has 0 amide bonds. The van der Waals surface area contributed by atoms with Crippen LogP contribution in [0.1, 0.15) is 11.3 Å². The van der Waals surface area contributed by atoms with E-state index in [4.69, 9.17) is 4.74 Å². The first-order valence-corrected chi connectivity index (χ1v) is 6.20. The van der Waals surface area contributed by atoms with E-state index in [1.807, 2.05) is 26.1 Å². The number of ether oxygens (including phenoxy) is 1. The van der Waals surface area contributed by atoms with Crippen LogP contribution >= 0.6 is 15.9 Å². The predicted molar refractivity (Wildman–Crippen MR) is 75.0 cm³/mol. The first-order chi connectivity index (χ1) is 8.10. The molecule has 0 aliphatic carbocycles. The molecule has 1 heterocycles. The van der Waals surface area contributed by atoms with Crippen LogP contribution in [0.2, 0.25) is 0 Å². The first kappa shape index (κ1) is 12.2. The first-order valence-electron chi connectivity index (χ1n) is 5.41. The van der Waals surface area contributed by atoms with Crippen molar-refractivity contribution in [2.24, 2.45) is 0 Å². The molecule has 1 N–H and O–H groups in total. The highest BCUT2D eigenvalue weighted by Gasteiger charge is 2.14. The monoisotopic (exact) mass is 294 g/mol. The standard InChI is InChI=1S/C13H15BrN2O/c1-7-8(2)16-13-9(14)5-6-10(17-4)11(13)12(7)15-3/h5-6H,1-4H3,(H,15,16). The lowest BCUT2D eigenvalue weighted by atomic mass is 10.1. The molecular formula is C13H15BrN2O. The molecule has 0 aliphatic heterocycles. The molecule has 2 aromatic rings. The highest BCUT2D eigenvalue weighted by Crippen LogP contribution is 2.37. The lowest BCUT2D eigenvalue weighted by Crippen LogP contribution is -2.00. The van der Waals surface area contributed by atoms with Gasteiger partial charge in [0.1, 0.15) is 5.75 Å². The number of hydrogen-bond donors (Lipinski definition) is 1. The summed E-state index contributed by atoms with van der Waals surface area (Å²) in [6, 6.07) is 3.91. The highest BCUT2D eigenvalue weighted by molar-refractivity contribution is 9.10. The van der Waals surface area contributed by atoms with E-state index in [1.54, 1.807) is 7.11 Å². The Morgan fingerprint density at radius 2 is 2.00 bits per heavy atom. The van der Waals surface area contributed by atoms with Crippen molar-refractivity contribution in [3.8, 4) is 5.75 Å². The van der Waals surface area contributed by atoms with Crippen LogP contribution in [-0.2, 0) is 0 Å². The molecule has 17 heavy (non-hydrogen) atoms. The molecule has 1 aromatic heterocycles.